The Morgan fingerprint density at radius 1 is 0.972 bits per heavy atom. The Balaban J connectivity index is 1.53. The van der Waals surface area contributed by atoms with Crippen molar-refractivity contribution in [2.75, 3.05) is 5.32 Å². The molecule has 0 aliphatic heterocycles. The lowest BCUT2D eigenvalue weighted by atomic mass is 9.98. The number of rotatable bonds is 8. The van der Waals surface area contributed by atoms with E-state index in [1.807, 2.05) is 44.2 Å². The van der Waals surface area contributed by atoms with Gasteiger partial charge in [-0.15, -0.1) is 13.2 Å². The summed E-state index contributed by atoms with van der Waals surface area (Å²) in [5.74, 6) is -0.185. The highest BCUT2D eigenvalue weighted by Crippen LogP contribution is 2.24. The second-order valence-electron chi connectivity index (χ2n) is 8.31. The van der Waals surface area contributed by atoms with Gasteiger partial charge in [0.1, 0.15) is 23.5 Å². The number of aliphatic imine (C=N–C) groups is 2. The molecule has 188 valence electrons. The third-order valence-corrected chi connectivity index (χ3v) is 4.74. The second kappa shape index (κ2) is 11.4. The molecule has 10 heteroatoms. The summed E-state index contributed by atoms with van der Waals surface area (Å²) in [6.07, 6.45) is -3.58. The summed E-state index contributed by atoms with van der Waals surface area (Å²) in [7, 11) is 0. The average Bonchev–Trinajstić information content (AvgIpc) is 2.79. The van der Waals surface area contributed by atoms with E-state index in [0.29, 0.717) is 23.4 Å². The maximum absolute atomic E-state index is 12.3. The van der Waals surface area contributed by atoms with Gasteiger partial charge in [0.05, 0.1) is 5.69 Å². The fraction of sp³-hybridized carbons (Fsp3) is 0.192. The van der Waals surface area contributed by atoms with Crippen molar-refractivity contribution in [2.45, 2.75) is 32.2 Å². The molecule has 0 saturated heterocycles. The number of ether oxygens (including phenoxy) is 2. The predicted octanol–water partition coefficient (Wildman–Crippen LogP) is 6.22. The number of anilines is 1. The van der Waals surface area contributed by atoms with Gasteiger partial charge >= 0.3 is 12.5 Å². The molecule has 3 N–H and O–H groups in total. The number of amidine groups is 1. The largest absolute Gasteiger partial charge is 0.573 e. The Morgan fingerprint density at radius 3 is 2.22 bits per heavy atom. The van der Waals surface area contributed by atoms with Gasteiger partial charge < -0.3 is 15.2 Å². The van der Waals surface area contributed by atoms with Crippen LogP contribution in [0.15, 0.2) is 88.8 Å². The summed E-state index contributed by atoms with van der Waals surface area (Å²) < 4.78 is 46.0. The number of nitrogens with one attached hydrogen (secondary N) is 1. The standard InChI is InChI=1S/C26H25F3N4O3/c1-25(2,16-18-6-4-3-5-7-18)36-24(34)33-21-10-8-19(9-11-21)23(30)32-17-31-20-12-14-22(15-13-20)35-26(27,28)29/h3-15,17H,16H2,1-2H3,(H,33,34)(H2,30,31,32). The maximum atomic E-state index is 12.3. The van der Waals surface area contributed by atoms with Crippen LogP contribution in [0.1, 0.15) is 25.0 Å². The first-order chi connectivity index (χ1) is 17.0. The van der Waals surface area contributed by atoms with Crippen molar-refractivity contribution < 1.29 is 27.4 Å². The highest BCUT2D eigenvalue weighted by Gasteiger charge is 2.31. The molecular weight excluding hydrogens is 473 g/mol. The van der Waals surface area contributed by atoms with E-state index in [1.54, 1.807) is 24.3 Å². The lowest BCUT2D eigenvalue weighted by Gasteiger charge is -2.25. The molecule has 7 nitrogen and oxygen atoms in total. The smallest absolute Gasteiger partial charge is 0.443 e. The molecule has 3 aromatic rings. The number of carbonyl (C=O) groups excluding carboxylic acids is 1. The van der Waals surface area contributed by atoms with Crippen LogP contribution >= 0.6 is 0 Å². The van der Waals surface area contributed by atoms with Crippen LogP contribution in [0.3, 0.4) is 0 Å². The summed E-state index contributed by atoms with van der Waals surface area (Å²) in [6, 6.07) is 21.4. The SMILES string of the molecule is CC(C)(Cc1ccccc1)OC(=O)Nc1ccc(C(N)=NC=Nc2ccc(OC(F)(F)F)cc2)cc1. The van der Waals surface area contributed by atoms with Gasteiger partial charge in [0.15, 0.2) is 0 Å². The molecule has 36 heavy (non-hydrogen) atoms. The molecule has 0 radical (unpaired) electrons. The molecule has 0 bridgehead atoms. The average molecular weight is 499 g/mol. The zero-order chi connectivity index (χ0) is 26.2. The molecule has 0 saturated carbocycles. The monoisotopic (exact) mass is 498 g/mol. The first-order valence-electron chi connectivity index (χ1n) is 10.9. The van der Waals surface area contributed by atoms with Gasteiger partial charge in [-0.25, -0.2) is 14.8 Å². The predicted molar refractivity (Wildman–Crippen MR) is 133 cm³/mol. The van der Waals surface area contributed by atoms with E-state index in [2.05, 4.69) is 20.0 Å². The molecule has 3 rings (SSSR count). The minimum atomic E-state index is -4.76. The first kappa shape index (κ1) is 26.3. The van der Waals surface area contributed by atoms with Crippen molar-refractivity contribution in [1.82, 2.24) is 0 Å². The quantitative estimate of drug-likeness (QED) is 0.285. The van der Waals surface area contributed by atoms with Gasteiger partial charge in [-0.2, -0.15) is 0 Å². The molecule has 0 unspecified atom stereocenters. The second-order valence-corrected chi connectivity index (χ2v) is 8.31. The first-order valence-corrected chi connectivity index (χ1v) is 10.9. The van der Waals surface area contributed by atoms with Gasteiger partial charge in [-0.3, -0.25) is 5.32 Å². The van der Waals surface area contributed by atoms with E-state index in [9.17, 15) is 18.0 Å². The Bertz CT molecular complexity index is 1210. The molecule has 0 atom stereocenters. The lowest BCUT2D eigenvalue weighted by Crippen LogP contribution is -2.32. The van der Waals surface area contributed by atoms with Crippen LogP contribution in [0.5, 0.6) is 5.75 Å². The highest BCUT2D eigenvalue weighted by molar-refractivity contribution is 6.01. The summed E-state index contributed by atoms with van der Waals surface area (Å²) in [6.45, 7) is 3.68. The minimum Gasteiger partial charge on any atom is -0.443 e. The van der Waals surface area contributed by atoms with Crippen LogP contribution in [0.25, 0.3) is 0 Å². The van der Waals surface area contributed by atoms with Crippen molar-refractivity contribution in [3.63, 3.8) is 0 Å². The van der Waals surface area contributed by atoms with E-state index in [4.69, 9.17) is 10.5 Å². The zero-order valence-corrected chi connectivity index (χ0v) is 19.6. The van der Waals surface area contributed by atoms with Gasteiger partial charge in [0.2, 0.25) is 0 Å². The molecule has 0 aliphatic carbocycles. The van der Waals surface area contributed by atoms with Crippen LogP contribution < -0.4 is 15.8 Å². The zero-order valence-electron chi connectivity index (χ0n) is 19.6. The third-order valence-electron chi connectivity index (χ3n) is 4.74. The third kappa shape index (κ3) is 8.79. The van der Waals surface area contributed by atoms with Crippen molar-refractivity contribution in [3.05, 3.63) is 90.0 Å². The summed E-state index contributed by atoms with van der Waals surface area (Å²) in [5.41, 5.74) is 7.79. The molecule has 0 heterocycles. The number of amides is 1. The molecule has 0 aliphatic rings. The molecule has 0 fully saturated rings. The van der Waals surface area contributed by atoms with Gasteiger partial charge in [-0.1, -0.05) is 30.3 Å². The maximum Gasteiger partial charge on any atom is 0.573 e. The number of alkyl halides is 3. The Kier molecular flexibility index (Phi) is 8.31. The van der Waals surface area contributed by atoms with E-state index in [0.717, 1.165) is 17.7 Å². The summed E-state index contributed by atoms with van der Waals surface area (Å²) >= 11 is 0. The molecule has 0 aromatic heterocycles. The topological polar surface area (TPSA) is 98.3 Å². The fourth-order valence-electron chi connectivity index (χ4n) is 3.21. The number of hydrogen-bond donors (Lipinski definition) is 2. The van der Waals surface area contributed by atoms with E-state index >= 15 is 0 Å². The van der Waals surface area contributed by atoms with Gasteiger partial charge in [0, 0.05) is 17.7 Å². The van der Waals surface area contributed by atoms with Gasteiger partial charge in [-0.05, 0) is 67.9 Å². The highest BCUT2D eigenvalue weighted by atomic mass is 19.4. The number of carbonyl (C=O) groups is 1. The van der Waals surface area contributed by atoms with E-state index in [-0.39, 0.29) is 11.6 Å². The number of hydrogen-bond acceptors (Lipinski definition) is 4. The minimum absolute atomic E-state index is 0.161. The van der Waals surface area contributed by atoms with Crippen LogP contribution in [0, 0.1) is 0 Å². The van der Waals surface area contributed by atoms with Crippen LogP contribution in [0.2, 0.25) is 0 Å². The molecular formula is C26H25F3N4O3. The Hall–Kier alpha value is -4.34. The molecule has 0 spiro atoms. The Labute approximate surface area is 206 Å². The van der Waals surface area contributed by atoms with Crippen LogP contribution in [0.4, 0.5) is 29.3 Å². The normalized spacial score (nSPS) is 12.4. The van der Waals surface area contributed by atoms with Crippen molar-refractivity contribution in [3.8, 4) is 5.75 Å². The van der Waals surface area contributed by atoms with E-state index in [1.165, 1.54) is 18.5 Å². The van der Waals surface area contributed by atoms with Crippen molar-refractivity contribution in [1.29, 1.82) is 0 Å². The van der Waals surface area contributed by atoms with Gasteiger partial charge in [0.25, 0.3) is 0 Å². The van der Waals surface area contributed by atoms with Crippen molar-refractivity contribution >= 4 is 29.6 Å². The number of benzene rings is 3. The van der Waals surface area contributed by atoms with Crippen LogP contribution in [-0.4, -0.2) is 30.2 Å². The molecule has 1 amide bonds. The number of nitrogens with two attached hydrogens (primary N) is 1. The number of nitrogens with zero attached hydrogens (tertiary/aromatic N) is 2. The molecule has 3 aromatic carbocycles. The lowest BCUT2D eigenvalue weighted by molar-refractivity contribution is -0.274. The van der Waals surface area contributed by atoms with Crippen molar-refractivity contribution in [2.24, 2.45) is 15.7 Å². The number of halogens is 3. The van der Waals surface area contributed by atoms with E-state index < -0.39 is 18.1 Å². The Morgan fingerprint density at radius 2 is 1.61 bits per heavy atom. The summed E-state index contributed by atoms with van der Waals surface area (Å²) in [4.78, 5) is 20.4. The van der Waals surface area contributed by atoms with Crippen LogP contribution in [-0.2, 0) is 11.2 Å². The summed E-state index contributed by atoms with van der Waals surface area (Å²) in [5, 5.41) is 2.68. The fourth-order valence-corrected chi connectivity index (χ4v) is 3.21.